The van der Waals surface area contributed by atoms with E-state index in [-0.39, 0.29) is 5.54 Å². The van der Waals surface area contributed by atoms with Crippen molar-refractivity contribution in [3.63, 3.8) is 0 Å². The molecule has 0 amide bonds. The summed E-state index contributed by atoms with van der Waals surface area (Å²) < 4.78 is 0. The van der Waals surface area contributed by atoms with E-state index in [0.29, 0.717) is 0 Å². The summed E-state index contributed by atoms with van der Waals surface area (Å²) in [5, 5.41) is 0. The van der Waals surface area contributed by atoms with Crippen LogP contribution >= 0.6 is 0 Å². The van der Waals surface area contributed by atoms with Gasteiger partial charge in [0.1, 0.15) is 0 Å². The van der Waals surface area contributed by atoms with E-state index >= 15 is 0 Å². The third kappa shape index (κ3) is 3.43. The Morgan fingerprint density at radius 3 is 2.93 bits per heavy atom. The number of likely N-dealkylation sites (N-methyl/N-ethyl adjacent to an activating group) is 1. The minimum absolute atomic E-state index is 0.0510. The van der Waals surface area contributed by atoms with E-state index in [1.807, 2.05) is 6.08 Å². The molecule has 0 aliphatic heterocycles. The molecular weight excluding hydrogens is 172 g/mol. The number of nitrogens with two attached hydrogens (primary N) is 1. The molecule has 0 aromatic rings. The summed E-state index contributed by atoms with van der Waals surface area (Å²) in [6, 6.07) is 0. The van der Waals surface area contributed by atoms with Crippen LogP contribution in [0, 0.1) is 5.92 Å². The second-order valence-electron chi connectivity index (χ2n) is 5.05. The smallest absolute Gasteiger partial charge is 0.0285 e. The minimum Gasteiger partial charge on any atom is -0.324 e. The molecule has 1 saturated carbocycles. The zero-order chi connectivity index (χ0) is 10.6. The largest absolute Gasteiger partial charge is 0.324 e. The van der Waals surface area contributed by atoms with Crippen LogP contribution in [0.2, 0.25) is 0 Å². The van der Waals surface area contributed by atoms with Crippen LogP contribution in [-0.2, 0) is 0 Å². The first kappa shape index (κ1) is 11.7. The van der Waals surface area contributed by atoms with Crippen molar-refractivity contribution in [2.45, 2.75) is 38.1 Å². The Kier molecular flexibility index (Phi) is 4.14. The Balaban J connectivity index is 2.43. The molecule has 2 unspecified atom stereocenters. The standard InChI is InChI=1S/C12H24N2/c1-4-8-14(3)10-12(13)7-5-6-11(2)9-12/h4,11H,1,5-10,13H2,2-3H3. The maximum Gasteiger partial charge on any atom is 0.0285 e. The van der Waals surface area contributed by atoms with Crippen molar-refractivity contribution in [1.82, 2.24) is 4.90 Å². The van der Waals surface area contributed by atoms with Crippen molar-refractivity contribution in [2.24, 2.45) is 11.7 Å². The molecule has 2 nitrogen and oxygen atoms in total. The molecule has 1 aliphatic rings. The first-order valence-corrected chi connectivity index (χ1v) is 5.64. The monoisotopic (exact) mass is 196 g/mol. The van der Waals surface area contributed by atoms with Crippen LogP contribution in [0.15, 0.2) is 12.7 Å². The normalized spacial score (nSPS) is 33.3. The lowest BCUT2D eigenvalue weighted by Gasteiger charge is -2.39. The number of rotatable bonds is 4. The molecular formula is C12H24N2. The predicted octanol–water partition coefficient (Wildman–Crippen LogP) is 2.01. The van der Waals surface area contributed by atoms with Gasteiger partial charge in [-0.15, -0.1) is 6.58 Å². The summed E-state index contributed by atoms with van der Waals surface area (Å²) >= 11 is 0. The van der Waals surface area contributed by atoms with Crippen LogP contribution in [0.1, 0.15) is 32.6 Å². The summed E-state index contributed by atoms with van der Waals surface area (Å²) in [5.41, 5.74) is 6.46. The van der Waals surface area contributed by atoms with E-state index in [1.54, 1.807) is 0 Å². The van der Waals surface area contributed by atoms with Gasteiger partial charge in [-0.25, -0.2) is 0 Å². The zero-order valence-electron chi connectivity index (χ0n) is 9.63. The van der Waals surface area contributed by atoms with E-state index in [9.17, 15) is 0 Å². The zero-order valence-corrected chi connectivity index (χ0v) is 9.63. The molecule has 1 aliphatic carbocycles. The van der Waals surface area contributed by atoms with Crippen LogP contribution in [0.5, 0.6) is 0 Å². The van der Waals surface area contributed by atoms with Crippen LogP contribution < -0.4 is 5.73 Å². The molecule has 82 valence electrons. The molecule has 14 heavy (non-hydrogen) atoms. The number of nitrogens with zero attached hydrogens (tertiary/aromatic N) is 1. The Morgan fingerprint density at radius 2 is 2.36 bits per heavy atom. The van der Waals surface area contributed by atoms with Crippen molar-refractivity contribution >= 4 is 0 Å². The van der Waals surface area contributed by atoms with Crippen molar-refractivity contribution in [2.75, 3.05) is 20.1 Å². The fourth-order valence-corrected chi connectivity index (χ4v) is 2.67. The van der Waals surface area contributed by atoms with E-state index in [0.717, 1.165) is 19.0 Å². The van der Waals surface area contributed by atoms with Crippen LogP contribution in [-0.4, -0.2) is 30.6 Å². The summed E-state index contributed by atoms with van der Waals surface area (Å²) in [5.74, 6) is 0.797. The van der Waals surface area contributed by atoms with Gasteiger partial charge in [-0.2, -0.15) is 0 Å². The van der Waals surface area contributed by atoms with Gasteiger partial charge in [0.05, 0.1) is 0 Å². The molecule has 0 radical (unpaired) electrons. The van der Waals surface area contributed by atoms with Gasteiger partial charge in [0, 0.05) is 18.6 Å². The van der Waals surface area contributed by atoms with Crippen molar-refractivity contribution in [1.29, 1.82) is 0 Å². The molecule has 1 fully saturated rings. The Hall–Kier alpha value is -0.340. The molecule has 2 N–H and O–H groups in total. The predicted molar refractivity (Wildman–Crippen MR) is 62.2 cm³/mol. The lowest BCUT2D eigenvalue weighted by molar-refractivity contribution is 0.177. The highest BCUT2D eigenvalue weighted by molar-refractivity contribution is 4.92. The van der Waals surface area contributed by atoms with Gasteiger partial charge in [0.25, 0.3) is 0 Å². The SMILES string of the molecule is C=CCN(C)CC1(N)CCCC(C)C1. The molecule has 2 heteroatoms. The quantitative estimate of drug-likeness (QED) is 0.697. The summed E-state index contributed by atoms with van der Waals surface area (Å²) in [7, 11) is 2.12. The first-order chi connectivity index (χ1) is 6.56. The average molecular weight is 196 g/mol. The second-order valence-corrected chi connectivity index (χ2v) is 5.05. The van der Waals surface area contributed by atoms with Crippen LogP contribution in [0.25, 0.3) is 0 Å². The van der Waals surface area contributed by atoms with Crippen LogP contribution in [0.3, 0.4) is 0 Å². The average Bonchev–Trinajstić information content (AvgIpc) is 2.02. The highest BCUT2D eigenvalue weighted by Gasteiger charge is 2.31. The van der Waals surface area contributed by atoms with Gasteiger partial charge in [0.15, 0.2) is 0 Å². The van der Waals surface area contributed by atoms with Gasteiger partial charge in [-0.1, -0.05) is 25.8 Å². The van der Waals surface area contributed by atoms with Crippen molar-refractivity contribution in [3.8, 4) is 0 Å². The first-order valence-electron chi connectivity index (χ1n) is 5.64. The second kappa shape index (κ2) is 4.94. The molecule has 1 rings (SSSR count). The topological polar surface area (TPSA) is 29.3 Å². The molecule has 0 heterocycles. The number of hydrogen-bond donors (Lipinski definition) is 1. The Morgan fingerprint density at radius 1 is 1.64 bits per heavy atom. The molecule has 0 bridgehead atoms. The summed E-state index contributed by atoms with van der Waals surface area (Å²) in [6.45, 7) is 8.00. The fourth-order valence-electron chi connectivity index (χ4n) is 2.67. The molecule has 0 aromatic heterocycles. The van der Waals surface area contributed by atoms with Gasteiger partial charge in [0.2, 0.25) is 0 Å². The molecule has 2 atom stereocenters. The molecule has 0 spiro atoms. The molecule has 0 saturated heterocycles. The summed E-state index contributed by atoms with van der Waals surface area (Å²) in [4.78, 5) is 2.27. The fraction of sp³-hybridized carbons (Fsp3) is 0.833. The van der Waals surface area contributed by atoms with Gasteiger partial charge < -0.3 is 10.6 Å². The maximum absolute atomic E-state index is 6.40. The van der Waals surface area contributed by atoms with Gasteiger partial charge in [-0.3, -0.25) is 0 Å². The lowest BCUT2D eigenvalue weighted by Crippen LogP contribution is -2.51. The minimum atomic E-state index is 0.0510. The van der Waals surface area contributed by atoms with Crippen molar-refractivity contribution in [3.05, 3.63) is 12.7 Å². The lowest BCUT2D eigenvalue weighted by atomic mass is 9.77. The maximum atomic E-state index is 6.40. The van der Waals surface area contributed by atoms with Gasteiger partial charge >= 0.3 is 0 Å². The van der Waals surface area contributed by atoms with E-state index in [4.69, 9.17) is 5.73 Å². The summed E-state index contributed by atoms with van der Waals surface area (Å²) in [6.07, 6.45) is 6.94. The van der Waals surface area contributed by atoms with E-state index in [1.165, 1.54) is 25.7 Å². The third-order valence-corrected chi connectivity index (χ3v) is 3.15. The Labute approximate surface area is 88.2 Å². The molecule has 0 aromatic carbocycles. The third-order valence-electron chi connectivity index (χ3n) is 3.15. The highest BCUT2D eigenvalue weighted by atomic mass is 15.1. The van der Waals surface area contributed by atoms with Gasteiger partial charge in [-0.05, 0) is 25.8 Å². The van der Waals surface area contributed by atoms with Crippen LogP contribution in [0.4, 0.5) is 0 Å². The van der Waals surface area contributed by atoms with Crippen molar-refractivity contribution < 1.29 is 0 Å². The van der Waals surface area contributed by atoms with E-state index in [2.05, 4.69) is 25.5 Å². The Bertz CT molecular complexity index is 191. The van der Waals surface area contributed by atoms with E-state index < -0.39 is 0 Å². The highest BCUT2D eigenvalue weighted by Crippen LogP contribution is 2.30. The number of hydrogen-bond acceptors (Lipinski definition) is 2.